The molecule has 2 aromatic carbocycles. The first-order valence-corrected chi connectivity index (χ1v) is 8.28. The second-order valence-electron chi connectivity index (χ2n) is 5.85. The highest BCUT2D eigenvalue weighted by molar-refractivity contribution is 6.34. The second kappa shape index (κ2) is 7.11. The Hall–Kier alpha value is -2.60. The molecule has 1 saturated heterocycles. The van der Waals surface area contributed by atoms with Gasteiger partial charge in [0.2, 0.25) is 0 Å². The number of nitro groups is 1. The molecule has 0 N–H and O–H groups in total. The van der Waals surface area contributed by atoms with E-state index < -0.39 is 4.92 Å². The molecule has 1 fully saturated rings. The third-order valence-corrected chi connectivity index (χ3v) is 4.71. The van der Waals surface area contributed by atoms with Gasteiger partial charge in [0.15, 0.2) is 0 Å². The Kier molecular flexibility index (Phi) is 4.90. The van der Waals surface area contributed by atoms with Crippen molar-refractivity contribution in [1.82, 2.24) is 4.90 Å². The number of methoxy groups -OCH3 is 1. The van der Waals surface area contributed by atoms with Crippen LogP contribution in [-0.4, -0.2) is 29.4 Å². The minimum atomic E-state index is -0.531. The molecule has 1 atom stereocenters. The molecule has 6 nitrogen and oxygen atoms in total. The summed E-state index contributed by atoms with van der Waals surface area (Å²) < 4.78 is 5.26. The molecule has 0 radical (unpaired) electrons. The number of rotatable bonds is 4. The number of likely N-dealkylation sites (tertiary alicyclic amines) is 1. The molecule has 130 valence electrons. The van der Waals surface area contributed by atoms with Gasteiger partial charge in [-0.2, -0.15) is 0 Å². The van der Waals surface area contributed by atoms with Crippen molar-refractivity contribution in [2.45, 2.75) is 18.9 Å². The summed E-state index contributed by atoms with van der Waals surface area (Å²) in [5.41, 5.74) is 0.988. The van der Waals surface area contributed by atoms with Crippen LogP contribution in [0.4, 0.5) is 5.69 Å². The molecule has 1 aliphatic heterocycles. The summed E-state index contributed by atoms with van der Waals surface area (Å²) in [6.45, 7) is 0.583. The first-order valence-electron chi connectivity index (χ1n) is 7.90. The number of non-ortho nitro benzene ring substituents is 1. The summed E-state index contributed by atoms with van der Waals surface area (Å²) >= 11 is 6.13. The number of benzene rings is 2. The second-order valence-corrected chi connectivity index (χ2v) is 6.26. The van der Waals surface area contributed by atoms with Crippen LogP contribution in [0.3, 0.4) is 0 Å². The third-order valence-electron chi connectivity index (χ3n) is 4.38. The fourth-order valence-corrected chi connectivity index (χ4v) is 3.35. The molecule has 0 saturated carbocycles. The molecule has 2 aromatic rings. The van der Waals surface area contributed by atoms with Crippen molar-refractivity contribution in [1.29, 1.82) is 0 Å². The SMILES string of the molecule is COc1cccc(C2CCCN2C(=O)c2cc([N+](=O)[O-])ccc2Cl)c1. The lowest BCUT2D eigenvalue weighted by Crippen LogP contribution is -2.30. The molecule has 7 heteroatoms. The maximum absolute atomic E-state index is 13.0. The van der Waals surface area contributed by atoms with E-state index in [9.17, 15) is 14.9 Å². The van der Waals surface area contributed by atoms with Gasteiger partial charge in [-0.05, 0) is 36.6 Å². The minimum Gasteiger partial charge on any atom is -0.497 e. The maximum atomic E-state index is 13.0. The number of hydrogen-bond donors (Lipinski definition) is 0. The molecular formula is C18H17ClN2O4. The molecule has 0 bridgehead atoms. The Labute approximate surface area is 150 Å². The van der Waals surface area contributed by atoms with E-state index in [4.69, 9.17) is 16.3 Å². The zero-order valence-electron chi connectivity index (χ0n) is 13.6. The van der Waals surface area contributed by atoms with Gasteiger partial charge < -0.3 is 9.64 Å². The quantitative estimate of drug-likeness (QED) is 0.604. The topological polar surface area (TPSA) is 72.7 Å². The average molecular weight is 361 g/mol. The Morgan fingerprint density at radius 1 is 1.32 bits per heavy atom. The smallest absolute Gasteiger partial charge is 0.270 e. The van der Waals surface area contributed by atoms with Gasteiger partial charge in [0.1, 0.15) is 5.75 Å². The molecule has 0 spiro atoms. The first kappa shape index (κ1) is 17.2. The molecule has 1 heterocycles. The highest BCUT2D eigenvalue weighted by atomic mass is 35.5. The van der Waals surface area contributed by atoms with Gasteiger partial charge in [0.05, 0.1) is 28.7 Å². The zero-order chi connectivity index (χ0) is 18.0. The number of amides is 1. The van der Waals surface area contributed by atoms with Crippen molar-refractivity contribution in [3.05, 3.63) is 68.7 Å². The monoisotopic (exact) mass is 360 g/mol. The number of halogens is 1. The summed E-state index contributed by atoms with van der Waals surface area (Å²) in [5.74, 6) is 0.434. The normalized spacial score (nSPS) is 16.7. The van der Waals surface area contributed by atoms with Crippen molar-refractivity contribution in [2.24, 2.45) is 0 Å². The van der Waals surface area contributed by atoms with E-state index in [2.05, 4.69) is 0 Å². The summed E-state index contributed by atoms with van der Waals surface area (Å²) in [6.07, 6.45) is 1.69. The fraction of sp³-hybridized carbons (Fsp3) is 0.278. The van der Waals surface area contributed by atoms with Crippen LogP contribution in [0, 0.1) is 10.1 Å². The number of carbonyl (C=O) groups excluding carboxylic acids is 1. The van der Waals surface area contributed by atoms with E-state index in [1.54, 1.807) is 12.0 Å². The molecule has 0 aromatic heterocycles. The van der Waals surface area contributed by atoms with Gasteiger partial charge >= 0.3 is 0 Å². The highest BCUT2D eigenvalue weighted by Crippen LogP contribution is 2.36. The minimum absolute atomic E-state index is 0.0991. The summed E-state index contributed by atoms with van der Waals surface area (Å²) in [6, 6.07) is 11.4. The molecule has 3 rings (SSSR count). The van der Waals surface area contributed by atoms with Gasteiger partial charge in [-0.3, -0.25) is 14.9 Å². The molecule has 1 aliphatic rings. The van der Waals surface area contributed by atoms with Crippen molar-refractivity contribution >= 4 is 23.2 Å². The third kappa shape index (κ3) is 3.44. The predicted molar refractivity (Wildman–Crippen MR) is 94.1 cm³/mol. The molecule has 25 heavy (non-hydrogen) atoms. The molecule has 0 aliphatic carbocycles. The zero-order valence-corrected chi connectivity index (χ0v) is 14.4. The van der Waals surface area contributed by atoms with Crippen LogP contribution in [0.5, 0.6) is 5.75 Å². The van der Waals surface area contributed by atoms with Gasteiger partial charge in [0, 0.05) is 18.7 Å². The summed E-state index contributed by atoms with van der Waals surface area (Å²) in [5, 5.41) is 11.2. The lowest BCUT2D eigenvalue weighted by molar-refractivity contribution is -0.384. The van der Waals surface area contributed by atoms with Crippen LogP contribution in [0.2, 0.25) is 5.02 Å². The van der Waals surface area contributed by atoms with E-state index in [1.807, 2.05) is 24.3 Å². The first-order chi connectivity index (χ1) is 12.0. The summed E-state index contributed by atoms with van der Waals surface area (Å²) in [4.78, 5) is 25.1. The van der Waals surface area contributed by atoms with Crippen molar-refractivity contribution in [3.63, 3.8) is 0 Å². The Morgan fingerprint density at radius 2 is 2.12 bits per heavy atom. The Balaban J connectivity index is 1.93. The van der Waals surface area contributed by atoms with Crippen LogP contribution >= 0.6 is 11.6 Å². The van der Waals surface area contributed by atoms with Gasteiger partial charge in [-0.15, -0.1) is 0 Å². The molecule has 1 unspecified atom stereocenters. The highest BCUT2D eigenvalue weighted by Gasteiger charge is 2.32. The van der Waals surface area contributed by atoms with Crippen LogP contribution < -0.4 is 4.74 Å². The van der Waals surface area contributed by atoms with Crippen LogP contribution in [0.1, 0.15) is 34.8 Å². The lowest BCUT2D eigenvalue weighted by atomic mass is 10.0. The number of ether oxygens (including phenoxy) is 1. The summed E-state index contributed by atoms with van der Waals surface area (Å²) in [7, 11) is 1.60. The Bertz CT molecular complexity index is 824. The molecule has 1 amide bonds. The van der Waals surface area contributed by atoms with Crippen LogP contribution in [-0.2, 0) is 0 Å². The molecular weight excluding hydrogens is 344 g/mol. The van der Waals surface area contributed by atoms with Crippen LogP contribution in [0.15, 0.2) is 42.5 Å². The van der Waals surface area contributed by atoms with E-state index in [1.165, 1.54) is 18.2 Å². The van der Waals surface area contributed by atoms with Gasteiger partial charge in [0.25, 0.3) is 11.6 Å². The van der Waals surface area contributed by atoms with E-state index in [0.717, 1.165) is 24.2 Å². The number of hydrogen-bond acceptors (Lipinski definition) is 4. The lowest BCUT2D eigenvalue weighted by Gasteiger charge is -2.25. The fourth-order valence-electron chi connectivity index (χ4n) is 3.15. The van der Waals surface area contributed by atoms with Gasteiger partial charge in [-0.25, -0.2) is 0 Å². The number of carbonyl (C=O) groups is 1. The van der Waals surface area contributed by atoms with E-state index >= 15 is 0 Å². The van der Waals surface area contributed by atoms with E-state index in [0.29, 0.717) is 6.54 Å². The van der Waals surface area contributed by atoms with E-state index in [-0.39, 0.29) is 28.2 Å². The van der Waals surface area contributed by atoms with Gasteiger partial charge in [-0.1, -0.05) is 23.7 Å². The van der Waals surface area contributed by atoms with Crippen molar-refractivity contribution in [3.8, 4) is 5.75 Å². The van der Waals surface area contributed by atoms with Crippen molar-refractivity contribution in [2.75, 3.05) is 13.7 Å². The predicted octanol–water partition coefficient (Wildman–Crippen LogP) is 4.23. The standard InChI is InChI=1S/C18H17ClN2O4/c1-25-14-5-2-4-12(10-14)17-6-3-9-20(17)18(22)15-11-13(21(23)24)7-8-16(15)19/h2,4-5,7-8,10-11,17H,3,6,9H2,1H3. The average Bonchev–Trinajstić information content (AvgIpc) is 3.11. The number of nitro benzene ring substituents is 1. The largest absolute Gasteiger partial charge is 0.497 e. The maximum Gasteiger partial charge on any atom is 0.270 e. The van der Waals surface area contributed by atoms with Crippen molar-refractivity contribution < 1.29 is 14.5 Å². The number of nitrogens with zero attached hydrogens (tertiary/aromatic N) is 2. The van der Waals surface area contributed by atoms with Crippen LogP contribution in [0.25, 0.3) is 0 Å². The Morgan fingerprint density at radius 3 is 2.84 bits per heavy atom.